The van der Waals surface area contributed by atoms with E-state index < -0.39 is 0 Å². The van der Waals surface area contributed by atoms with Gasteiger partial charge in [0.1, 0.15) is 0 Å². The molecule has 0 aliphatic heterocycles. The van der Waals surface area contributed by atoms with Crippen LogP contribution in [0.1, 0.15) is 52.4 Å². The second-order valence-electron chi connectivity index (χ2n) is 4.64. The number of ether oxygens (including phenoxy) is 1. The SMILES string of the molecule is CCCC(OCC)C(NC)C1CCCC1. The van der Waals surface area contributed by atoms with Crippen molar-refractivity contribution in [3.8, 4) is 0 Å². The third kappa shape index (κ3) is 3.76. The molecule has 0 saturated heterocycles. The zero-order valence-electron chi connectivity index (χ0n) is 10.6. The average molecular weight is 213 g/mol. The molecule has 2 heteroatoms. The van der Waals surface area contributed by atoms with E-state index in [4.69, 9.17) is 4.74 Å². The lowest BCUT2D eigenvalue weighted by molar-refractivity contribution is 0.0144. The van der Waals surface area contributed by atoms with Gasteiger partial charge in [-0.3, -0.25) is 0 Å². The standard InChI is InChI=1S/C13H27NO/c1-4-8-12(15-5-2)13(14-3)11-9-6-7-10-11/h11-14H,4-10H2,1-3H3. The Balaban J connectivity index is 2.50. The van der Waals surface area contributed by atoms with E-state index >= 15 is 0 Å². The van der Waals surface area contributed by atoms with Crippen LogP contribution >= 0.6 is 0 Å². The molecule has 0 amide bonds. The molecule has 15 heavy (non-hydrogen) atoms. The summed E-state index contributed by atoms with van der Waals surface area (Å²) in [6, 6.07) is 0.576. The molecule has 0 bridgehead atoms. The van der Waals surface area contributed by atoms with Crippen LogP contribution in [0.25, 0.3) is 0 Å². The maximum atomic E-state index is 5.89. The van der Waals surface area contributed by atoms with Gasteiger partial charge < -0.3 is 10.1 Å². The highest BCUT2D eigenvalue weighted by molar-refractivity contribution is 4.85. The van der Waals surface area contributed by atoms with Crippen molar-refractivity contribution in [3.63, 3.8) is 0 Å². The van der Waals surface area contributed by atoms with Gasteiger partial charge in [0.2, 0.25) is 0 Å². The lowest BCUT2D eigenvalue weighted by atomic mass is 9.91. The number of likely N-dealkylation sites (N-methyl/N-ethyl adjacent to an activating group) is 1. The number of rotatable bonds is 7. The van der Waals surface area contributed by atoms with E-state index in [-0.39, 0.29) is 0 Å². The number of hydrogen-bond acceptors (Lipinski definition) is 2. The van der Waals surface area contributed by atoms with Crippen LogP contribution in [-0.2, 0) is 4.74 Å². The van der Waals surface area contributed by atoms with Crippen molar-refractivity contribution < 1.29 is 4.74 Å². The molecule has 0 aromatic rings. The van der Waals surface area contributed by atoms with Gasteiger partial charge in [0.15, 0.2) is 0 Å². The molecule has 1 aliphatic carbocycles. The first kappa shape index (κ1) is 13.0. The van der Waals surface area contributed by atoms with E-state index in [0.717, 1.165) is 12.5 Å². The van der Waals surface area contributed by atoms with Crippen molar-refractivity contribution in [2.75, 3.05) is 13.7 Å². The van der Waals surface area contributed by atoms with E-state index in [1.807, 2.05) is 0 Å². The van der Waals surface area contributed by atoms with Crippen molar-refractivity contribution >= 4 is 0 Å². The van der Waals surface area contributed by atoms with Gasteiger partial charge in [-0.1, -0.05) is 26.2 Å². The Kier molecular flexibility index (Phi) is 6.26. The van der Waals surface area contributed by atoms with E-state index in [1.54, 1.807) is 0 Å². The fourth-order valence-electron chi connectivity index (χ4n) is 2.91. The molecule has 0 heterocycles. The average Bonchev–Trinajstić information content (AvgIpc) is 2.73. The van der Waals surface area contributed by atoms with Gasteiger partial charge in [0.05, 0.1) is 6.10 Å². The second kappa shape index (κ2) is 7.24. The second-order valence-corrected chi connectivity index (χ2v) is 4.64. The smallest absolute Gasteiger partial charge is 0.0730 e. The van der Waals surface area contributed by atoms with E-state index in [9.17, 15) is 0 Å². The summed E-state index contributed by atoms with van der Waals surface area (Å²) >= 11 is 0. The largest absolute Gasteiger partial charge is 0.377 e. The Labute approximate surface area is 94.8 Å². The molecule has 2 unspecified atom stereocenters. The lowest BCUT2D eigenvalue weighted by Gasteiger charge is -2.31. The van der Waals surface area contributed by atoms with Crippen LogP contribution in [0.2, 0.25) is 0 Å². The Morgan fingerprint density at radius 2 is 1.93 bits per heavy atom. The predicted molar refractivity (Wildman–Crippen MR) is 65.1 cm³/mol. The minimum atomic E-state index is 0.424. The Bertz CT molecular complexity index is 149. The predicted octanol–water partition coefficient (Wildman–Crippen LogP) is 2.97. The van der Waals surface area contributed by atoms with Crippen molar-refractivity contribution in [1.29, 1.82) is 0 Å². The van der Waals surface area contributed by atoms with E-state index in [2.05, 4.69) is 26.2 Å². The molecule has 0 spiro atoms. The van der Waals surface area contributed by atoms with Crippen molar-refractivity contribution in [3.05, 3.63) is 0 Å². The zero-order valence-corrected chi connectivity index (χ0v) is 10.6. The summed E-state index contributed by atoms with van der Waals surface area (Å²) < 4.78 is 5.89. The summed E-state index contributed by atoms with van der Waals surface area (Å²) in [6.07, 6.45) is 8.43. The lowest BCUT2D eigenvalue weighted by Crippen LogP contribution is -2.44. The van der Waals surface area contributed by atoms with Crippen LogP contribution in [-0.4, -0.2) is 25.8 Å². The molecular weight excluding hydrogens is 186 g/mol. The third-order valence-electron chi connectivity index (χ3n) is 3.60. The highest BCUT2D eigenvalue weighted by Crippen LogP contribution is 2.30. The summed E-state index contributed by atoms with van der Waals surface area (Å²) in [7, 11) is 2.09. The fourth-order valence-corrected chi connectivity index (χ4v) is 2.91. The van der Waals surface area contributed by atoms with Crippen LogP contribution < -0.4 is 5.32 Å². The molecule has 0 aromatic heterocycles. The molecule has 2 nitrogen and oxygen atoms in total. The minimum Gasteiger partial charge on any atom is -0.377 e. The molecule has 1 fully saturated rings. The summed E-state index contributed by atoms with van der Waals surface area (Å²) in [4.78, 5) is 0. The highest BCUT2D eigenvalue weighted by Gasteiger charge is 2.30. The van der Waals surface area contributed by atoms with Crippen LogP contribution in [0.4, 0.5) is 0 Å². The molecular formula is C13H27NO. The molecule has 1 N–H and O–H groups in total. The first-order valence-electron chi connectivity index (χ1n) is 6.62. The summed E-state index contributed by atoms with van der Waals surface area (Å²) in [5.74, 6) is 0.845. The van der Waals surface area contributed by atoms with Crippen molar-refractivity contribution in [2.45, 2.75) is 64.5 Å². The summed E-state index contributed by atoms with van der Waals surface area (Å²) in [5, 5.41) is 3.49. The van der Waals surface area contributed by atoms with Crippen molar-refractivity contribution in [1.82, 2.24) is 5.32 Å². The Hall–Kier alpha value is -0.0800. The first-order chi connectivity index (χ1) is 7.33. The van der Waals surface area contributed by atoms with Crippen LogP contribution in [0, 0.1) is 5.92 Å². The third-order valence-corrected chi connectivity index (χ3v) is 3.60. The molecule has 1 aliphatic rings. The van der Waals surface area contributed by atoms with Crippen molar-refractivity contribution in [2.24, 2.45) is 5.92 Å². The molecule has 90 valence electrons. The summed E-state index contributed by atoms with van der Waals surface area (Å²) in [6.45, 7) is 5.19. The van der Waals surface area contributed by atoms with E-state index in [0.29, 0.717) is 12.1 Å². The quantitative estimate of drug-likeness (QED) is 0.702. The molecule has 2 atom stereocenters. The maximum absolute atomic E-state index is 5.89. The molecule has 1 rings (SSSR count). The number of nitrogens with one attached hydrogen (secondary N) is 1. The number of hydrogen-bond donors (Lipinski definition) is 1. The van der Waals surface area contributed by atoms with Gasteiger partial charge in [-0.25, -0.2) is 0 Å². The molecule has 0 radical (unpaired) electrons. The first-order valence-corrected chi connectivity index (χ1v) is 6.62. The van der Waals surface area contributed by atoms with Crippen LogP contribution in [0.3, 0.4) is 0 Å². The topological polar surface area (TPSA) is 21.3 Å². The van der Waals surface area contributed by atoms with Gasteiger partial charge in [0.25, 0.3) is 0 Å². The zero-order chi connectivity index (χ0) is 11.1. The Morgan fingerprint density at radius 1 is 1.27 bits per heavy atom. The Morgan fingerprint density at radius 3 is 2.40 bits per heavy atom. The monoisotopic (exact) mass is 213 g/mol. The minimum absolute atomic E-state index is 0.424. The van der Waals surface area contributed by atoms with Gasteiger partial charge in [-0.05, 0) is 39.2 Å². The van der Waals surface area contributed by atoms with Crippen LogP contribution in [0.5, 0.6) is 0 Å². The highest BCUT2D eigenvalue weighted by atomic mass is 16.5. The maximum Gasteiger partial charge on any atom is 0.0730 e. The van der Waals surface area contributed by atoms with E-state index in [1.165, 1.54) is 38.5 Å². The van der Waals surface area contributed by atoms with Gasteiger partial charge in [-0.2, -0.15) is 0 Å². The van der Waals surface area contributed by atoms with Gasteiger partial charge >= 0.3 is 0 Å². The normalized spacial score (nSPS) is 21.8. The summed E-state index contributed by atoms with van der Waals surface area (Å²) in [5.41, 5.74) is 0. The van der Waals surface area contributed by atoms with Gasteiger partial charge in [-0.15, -0.1) is 0 Å². The van der Waals surface area contributed by atoms with Crippen LogP contribution in [0.15, 0.2) is 0 Å². The molecule has 0 aromatic carbocycles. The fraction of sp³-hybridized carbons (Fsp3) is 1.00. The van der Waals surface area contributed by atoms with Gasteiger partial charge in [0, 0.05) is 12.6 Å². The molecule has 1 saturated carbocycles.